The fraction of sp³-hybridized carbons (Fsp3) is 0.806. The smallest absolute Gasteiger partial charge is 0.407 e. The molecule has 5 aliphatic rings. The zero-order valence-corrected chi connectivity index (χ0v) is 27.8. The maximum Gasteiger partial charge on any atom is 0.407 e. The normalized spacial score (nSPS) is 42.2. The van der Waals surface area contributed by atoms with Crippen LogP contribution in [-0.4, -0.2) is 29.1 Å². The van der Waals surface area contributed by atoms with Crippen LogP contribution in [0.1, 0.15) is 121 Å². The molecule has 0 aromatic rings. The number of hydrogen-bond donors (Lipinski definition) is 2. The summed E-state index contributed by atoms with van der Waals surface area (Å²) in [5, 5.41) is 24.2. The van der Waals surface area contributed by atoms with Gasteiger partial charge in [0, 0.05) is 17.9 Å². The van der Waals surface area contributed by atoms with E-state index in [4.69, 9.17) is 4.74 Å². The standard InChI is InChI=1S/C36H54N2O4/c1-30(2,3)42-29(41)38-21-36-15-13-31(4,5)19-23(36)27-24(39)17-26-33(8)18-22(20-37)28(40)32(6,7)25(33)11-12-34(26,9)35(27,10)14-16-36/h17,23,25,27,40H,11-16,18-19,21H2,1-10H3,(H,38,41)/t23-,25-,27-,33-,34+,35+,36+/m0/s1. The number of alkyl carbamates (subject to hydrolysis) is 1. The van der Waals surface area contributed by atoms with Gasteiger partial charge in [0.15, 0.2) is 5.78 Å². The van der Waals surface area contributed by atoms with Crippen LogP contribution in [0.4, 0.5) is 4.79 Å². The summed E-state index contributed by atoms with van der Waals surface area (Å²) in [4.78, 5) is 27.4. The van der Waals surface area contributed by atoms with E-state index in [0.29, 0.717) is 18.5 Å². The number of carbonyl (C=O) groups is 2. The Kier molecular flexibility index (Phi) is 6.94. The molecule has 6 heteroatoms. The number of nitrogens with one attached hydrogen (secondary N) is 1. The first-order valence-electron chi connectivity index (χ1n) is 16.2. The maximum absolute atomic E-state index is 14.6. The lowest BCUT2D eigenvalue weighted by Crippen LogP contribution is -2.65. The average molecular weight is 579 g/mol. The number of aliphatic hydroxyl groups is 1. The molecular weight excluding hydrogens is 524 g/mol. The van der Waals surface area contributed by atoms with Gasteiger partial charge in [0.05, 0.1) is 11.6 Å². The highest BCUT2D eigenvalue weighted by Gasteiger charge is 2.69. The second kappa shape index (κ2) is 9.35. The van der Waals surface area contributed by atoms with Crippen molar-refractivity contribution in [1.29, 1.82) is 5.26 Å². The monoisotopic (exact) mass is 578 g/mol. The highest BCUT2D eigenvalue weighted by Crippen LogP contribution is 2.75. The van der Waals surface area contributed by atoms with Crippen molar-refractivity contribution in [2.24, 2.45) is 50.2 Å². The fourth-order valence-corrected chi connectivity index (χ4v) is 10.9. The number of carbonyl (C=O) groups excluding carboxylic acids is 2. The van der Waals surface area contributed by atoms with E-state index in [-0.39, 0.29) is 62.5 Å². The molecule has 0 saturated heterocycles. The Bertz CT molecular complexity index is 1290. The van der Waals surface area contributed by atoms with Crippen LogP contribution in [0.25, 0.3) is 0 Å². The van der Waals surface area contributed by atoms with Gasteiger partial charge in [0.1, 0.15) is 11.4 Å². The van der Waals surface area contributed by atoms with Gasteiger partial charge in [0.2, 0.25) is 0 Å². The summed E-state index contributed by atoms with van der Waals surface area (Å²) in [5.74, 6) is 0.669. The highest BCUT2D eigenvalue weighted by atomic mass is 16.6. The van der Waals surface area contributed by atoms with E-state index in [1.807, 2.05) is 26.8 Å². The predicted molar refractivity (Wildman–Crippen MR) is 164 cm³/mol. The van der Waals surface area contributed by atoms with Gasteiger partial charge >= 0.3 is 6.09 Å². The third kappa shape index (κ3) is 4.38. The molecule has 0 heterocycles. The summed E-state index contributed by atoms with van der Waals surface area (Å²) < 4.78 is 5.61. The molecule has 6 nitrogen and oxygen atoms in total. The number of rotatable bonds is 2. The van der Waals surface area contributed by atoms with Gasteiger partial charge in [0.25, 0.3) is 0 Å². The lowest BCUT2D eigenvalue weighted by molar-refractivity contribution is -0.171. The quantitative estimate of drug-likeness (QED) is 0.342. The number of allylic oxidation sites excluding steroid dienone is 4. The molecule has 0 bridgehead atoms. The molecule has 42 heavy (non-hydrogen) atoms. The average Bonchev–Trinajstić information content (AvgIpc) is 2.85. The van der Waals surface area contributed by atoms with Crippen molar-refractivity contribution in [3.05, 3.63) is 23.0 Å². The molecule has 3 fully saturated rings. The topological polar surface area (TPSA) is 99.4 Å². The maximum atomic E-state index is 14.6. The van der Waals surface area contributed by atoms with E-state index in [1.165, 1.54) is 5.57 Å². The van der Waals surface area contributed by atoms with Crippen LogP contribution in [0.3, 0.4) is 0 Å². The van der Waals surface area contributed by atoms with E-state index >= 15 is 0 Å². The van der Waals surface area contributed by atoms with E-state index in [9.17, 15) is 20.0 Å². The fourth-order valence-electron chi connectivity index (χ4n) is 10.9. The number of hydrogen-bond acceptors (Lipinski definition) is 5. The van der Waals surface area contributed by atoms with Crippen LogP contribution in [-0.2, 0) is 9.53 Å². The van der Waals surface area contributed by atoms with Gasteiger partial charge in [-0.05, 0) is 117 Å². The van der Waals surface area contributed by atoms with Crippen LogP contribution in [0.15, 0.2) is 23.0 Å². The van der Waals surface area contributed by atoms with E-state index in [1.54, 1.807) is 0 Å². The molecule has 7 atom stereocenters. The Morgan fingerprint density at radius 3 is 2.33 bits per heavy atom. The number of nitriles is 1. The molecule has 5 aliphatic carbocycles. The molecule has 0 unspecified atom stereocenters. The Labute approximate surface area is 253 Å². The van der Waals surface area contributed by atoms with E-state index in [0.717, 1.165) is 44.9 Å². The number of fused-ring (bicyclic) bond motifs is 7. The minimum atomic E-state index is -0.560. The lowest BCUT2D eigenvalue weighted by Gasteiger charge is -2.69. The largest absolute Gasteiger partial charge is 0.511 e. The number of ketones is 1. The molecule has 0 aliphatic heterocycles. The van der Waals surface area contributed by atoms with Crippen molar-refractivity contribution in [2.75, 3.05) is 6.54 Å². The third-order valence-electron chi connectivity index (χ3n) is 13.3. The summed E-state index contributed by atoms with van der Waals surface area (Å²) in [6.45, 7) is 22.0. The van der Waals surface area contributed by atoms with Crippen molar-refractivity contribution >= 4 is 11.9 Å². The van der Waals surface area contributed by atoms with Gasteiger partial charge in [-0.15, -0.1) is 0 Å². The molecule has 0 spiro atoms. The van der Waals surface area contributed by atoms with Crippen LogP contribution in [0.5, 0.6) is 0 Å². The van der Waals surface area contributed by atoms with Crippen molar-refractivity contribution in [2.45, 2.75) is 126 Å². The Morgan fingerprint density at radius 1 is 1.07 bits per heavy atom. The zero-order valence-electron chi connectivity index (χ0n) is 27.8. The molecule has 0 aromatic carbocycles. The van der Waals surface area contributed by atoms with E-state index in [2.05, 4.69) is 59.9 Å². The molecule has 0 aromatic heterocycles. The summed E-state index contributed by atoms with van der Waals surface area (Å²) in [5.41, 5.74) is -0.195. The Balaban J connectivity index is 1.57. The number of ether oxygens (including phenoxy) is 1. The molecule has 0 radical (unpaired) electrons. The molecule has 5 rings (SSSR count). The lowest BCUT2D eigenvalue weighted by atomic mass is 9.34. The zero-order chi connectivity index (χ0) is 31.3. The molecule has 232 valence electrons. The number of aliphatic hydroxyl groups excluding tert-OH is 1. The second-order valence-corrected chi connectivity index (χ2v) is 17.7. The minimum Gasteiger partial charge on any atom is -0.511 e. The Hall–Kier alpha value is -2.29. The number of nitrogens with zero attached hydrogens (tertiary/aromatic N) is 1. The molecule has 1 amide bonds. The van der Waals surface area contributed by atoms with Gasteiger partial charge in [-0.3, -0.25) is 4.79 Å². The first-order valence-corrected chi connectivity index (χ1v) is 16.2. The first-order chi connectivity index (χ1) is 19.2. The van der Waals surface area contributed by atoms with Crippen LogP contribution in [0, 0.1) is 61.6 Å². The number of amides is 1. The SMILES string of the molecule is CC1(C)CC[C@]2(CNC(=O)OC(C)(C)C)CC[C@]3(C)[C@H](C(=O)C=C4[C@@]5(C)CC(C#N)=C(O)C(C)(C)[C@@H]5CC[C@]43C)[C@@H]2C1. The van der Waals surface area contributed by atoms with Crippen molar-refractivity contribution in [3.63, 3.8) is 0 Å². The van der Waals surface area contributed by atoms with Crippen molar-refractivity contribution in [3.8, 4) is 6.07 Å². The summed E-state index contributed by atoms with van der Waals surface area (Å²) in [6, 6.07) is 2.31. The van der Waals surface area contributed by atoms with Gasteiger partial charge in [-0.25, -0.2) is 4.79 Å². The molecule has 3 saturated carbocycles. The minimum absolute atomic E-state index is 0.115. The van der Waals surface area contributed by atoms with Crippen LogP contribution in [0.2, 0.25) is 0 Å². The van der Waals surface area contributed by atoms with Gasteiger partial charge < -0.3 is 15.2 Å². The van der Waals surface area contributed by atoms with Gasteiger partial charge in [-0.2, -0.15) is 5.26 Å². The van der Waals surface area contributed by atoms with Crippen LogP contribution < -0.4 is 5.32 Å². The highest BCUT2D eigenvalue weighted by molar-refractivity contribution is 5.95. The summed E-state index contributed by atoms with van der Waals surface area (Å²) in [7, 11) is 0. The predicted octanol–water partition coefficient (Wildman–Crippen LogP) is 8.44. The van der Waals surface area contributed by atoms with Crippen molar-refractivity contribution in [1.82, 2.24) is 5.32 Å². The Morgan fingerprint density at radius 2 is 1.71 bits per heavy atom. The second-order valence-electron chi connectivity index (χ2n) is 17.7. The van der Waals surface area contributed by atoms with Crippen molar-refractivity contribution < 1.29 is 19.4 Å². The van der Waals surface area contributed by atoms with Crippen LogP contribution >= 0.6 is 0 Å². The summed E-state index contributed by atoms with van der Waals surface area (Å²) >= 11 is 0. The first kappa shape index (κ1) is 31.1. The van der Waals surface area contributed by atoms with E-state index < -0.39 is 11.0 Å². The van der Waals surface area contributed by atoms with Gasteiger partial charge in [-0.1, -0.05) is 54.0 Å². The molecular formula is C36H54N2O4. The molecule has 2 N–H and O–H groups in total. The summed E-state index contributed by atoms with van der Waals surface area (Å²) in [6.07, 6.45) is 8.99. The third-order valence-corrected chi connectivity index (χ3v) is 13.3.